The number of nitrogens with one attached hydrogen (secondary N) is 1. The van der Waals surface area contributed by atoms with Crippen molar-refractivity contribution in [2.75, 3.05) is 20.2 Å². The normalized spacial score (nSPS) is 23.0. The summed E-state index contributed by atoms with van der Waals surface area (Å²) in [4.78, 5) is 13.1. The molecule has 0 aromatic heterocycles. The summed E-state index contributed by atoms with van der Waals surface area (Å²) in [6.07, 6.45) is 2.15. The van der Waals surface area contributed by atoms with E-state index in [9.17, 15) is 4.79 Å². The summed E-state index contributed by atoms with van der Waals surface area (Å²) in [5.74, 6) is 0.998. The van der Waals surface area contributed by atoms with E-state index in [1.807, 2.05) is 19.2 Å². The van der Waals surface area contributed by atoms with Gasteiger partial charge in [-0.3, -0.25) is 0 Å². The number of fused-ring (bicyclic) bond motifs is 1. The molecule has 1 N–H and O–H groups in total. The maximum absolute atomic E-state index is 11.4. The monoisotopic (exact) mass is 232 g/mol. The number of likely N-dealkylation sites (N-methyl/N-ethyl adjacent to an activating group) is 1. The van der Waals surface area contributed by atoms with Crippen molar-refractivity contribution in [3.63, 3.8) is 0 Å². The van der Waals surface area contributed by atoms with E-state index in [2.05, 4.69) is 11.4 Å². The van der Waals surface area contributed by atoms with Gasteiger partial charge in [0.1, 0.15) is 5.75 Å². The van der Waals surface area contributed by atoms with Crippen LogP contribution in [0.3, 0.4) is 0 Å². The molecule has 17 heavy (non-hydrogen) atoms. The average molecular weight is 232 g/mol. The predicted octanol–water partition coefficient (Wildman–Crippen LogP) is 1.71. The van der Waals surface area contributed by atoms with Crippen LogP contribution in [0, 0.1) is 0 Å². The van der Waals surface area contributed by atoms with Gasteiger partial charge in [-0.25, -0.2) is 4.79 Å². The van der Waals surface area contributed by atoms with E-state index in [0.29, 0.717) is 0 Å². The highest BCUT2D eigenvalue weighted by atomic mass is 16.5. The van der Waals surface area contributed by atoms with E-state index < -0.39 is 0 Å². The van der Waals surface area contributed by atoms with Crippen molar-refractivity contribution in [3.05, 3.63) is 29.3 Å². The topological polar surface area (TPSA) is 41.6 Å². The Bertz CT molecular complexity index is 459. The van der Waals surface area contributed by atoms with E-state index in [1.54, 1.807) is 4.90 Å². The molecule has 0 aliphatic carbocycles. The Morgan fingerprint density at radius 1 is 1.47 bits per heavy atom. The summed E-state index contributed by atoms with van der Waals surface area (Å²) in [6, 6.07) is 6.35. The van der Waals surface area contributed by atoms with Crippen LogP contribution >= 0.6 is 0 Å². The van der Waals surface area contributed by atoms with Gasteiger partial charge in [0.2, 0.25) is 0 Å². The molecule has 1 fully saturated rings. The fourth-order valence-electron chi connectivity index (χ4n) is 2.45. The van der Waals surface area contributed by atoms with Crippen molar-refractivity contribution in [1.29, 1.82) is 0 Å². The van der Waals surface area contributed by atoms with Crippen LogP contribution in [0.5, 0.6) is 5.75 Å². The van der Waals surface area contributed by atoms with Gasteiger partial charge in [0.15, 0.2) is 0 Å². The zero-order chi connectivity index (χ0) is 11.8. The van der Waals surface area contributed by atoms with Gasteiger partial charge < -0.3 is 15.0 Å². The first-order chi connectivity index (χ1) is 8.24. The van der Waals surface area contributed by atoms with Crippen molar-refractivity contribution < 1.29 is 9.53 Å². The van der Waals surface area contributed by atoms with E-state index >= 15 is 0 Å². The first-order valence-electron chi connectivity index (χ1n) is 6.01. The van der Waals surface area contributed by atoms with Crippen molar-refractivity contribution >= 4 is 6.03 Å². The zero-order valence-electron chi connectivity index (χ0n) is 9.90. The number of benzene rings is 1. The van der Waals surface area contributed by atoms with Crippen LogP contribution in [-0.4, -0.2) is 31.1 Å². The van der Waals surface area contributed by atoms with Gasteiger partial charge in [0, 0.05) is 13.6 Å². The molecule has 4 nitrogen and oxygen atoms in total. The van der Waals surface area contributed by atoms with E-state index in [1.165, 1.54) is 11.1 Å². The van der Waals surface area contributed by atoms with Gasteiger partial charge in [-0.15, -0.1) is 0 Å². The maximum Gasteiger partial charge on any atom is 0.317 e. The number of amides is 2. The molecule has 1 aromatic carbocycles. The van der Waals surface area contributed by atoms with Crippen LogP contribution in [0.1, 0.15) is 23.6 Å². The molecular formula is C13H16N2O2. The first kappa shape index (κ1) is 10.4. The molecule has 4 heteroatoms. The smallest absolute Gasteiger partial charge is 0.317 e. The number of carbonyl (C=O) groups excluding carboxylic acids is 1. The summed E-state index contributed by atoms with van der Waals surface area (Å²) in [5, 5.41) is 2.97. The summed E-state index contributed by atoms with van der Waals surface area (Å²) in [7, 11) is 1.82. The van der Waals surface area contributed by atoms with Crippen LogP contribution in [0.15, 0.2) is 18.2 Å². The van der Waals surface area contributed by atoms with Crippen LogP contribution in [0.2, 0.25) is 0 Å². The molecule has 90 valence electrons. The second kappa shape index (κ2) is 3.95. The molecule has 1 unspecified atom stereocenters. The van der Waals surface area contributed by atoms with Gasteiger partial charge in [0.25, 0.3) is 0 Å². The fourth-order valence-corrected chi connectivity index (χ4v) is 2.45. The minimum absolute atomic E-state index is 0.00368. The third-order valence-corrected chi connectivity index (χ3v) is 3.44. The van der Waals surface area contributed by atoms with Crippen molar-refractivity contribution in [2.24, 2.45) is 0 Å². The molecule has 0 saturated carbocycles. The fraction of sp³-hybridized carbons (Fsp3) is 0.462. The molecule has 0 spiro atoms. The minimum atomic E-state index is 0.00368. The molecule has 1 saturated heterocycles. The number of rotatable bonds is 1. The van der Waals surface area contributed by atoms with Crippen LogP contribution in [0.4, 0.5) is 4.79 Å². The third-order valence-electron chi connectivity index (χ3n) is 3.44. The molecule has 2 aliphatic heterocycles. The van der Waals surface area contributed by atoms with Gasteiger partial charge in [0.05, 0.1) is 12.6 Å². The molecule has 0 bridgehead atoms. The number of carbonyl (C=O) groups is 1. The largest absolute Gasteiger partial charge is 0.493 e. The number of ether oxygens (including phenoxy) is 1. The second-order valence-electron chi connectivity index (χ2n) is 4.70. The number of nitrogens with zero attached hydrogens (tertiary/aromatic N) is 1. The lowest BCUT2D eigenvalue weighted by atomic mass is 9.99. The summed E-state index contributed by atoms with van der Waals surface area (Å²) in [5.41, 5.74) is 2.43. The van der Waals surface area contributed by atoms with Crippen molar-refractivity contribution in [2.45, 2.75) is 18.9 Å². The van der Waals surface area contributed by atoms with E-state index in [4.69, 9.17) is 4.74 Å². The molecule has 3 rings (SSSR count). The lowest BCUT2D eigenvalue weighted by Crippen LogP contribution is -2.24. The highest BCUT2D eigenvalue weighted by Crippen LogP contribution is 2.29. The molecule has 2 amide bonds. The number of hydrogen-bond acceptors (Lipinski definition) is 2. The van der Waals surface area contributed by atoms with Crippen molar-refractivity contribution in [3.8, 4) is 5.75 Å². The van der Waals surface area contributed by atoms with Gasteiger partial charge >= 0.3 is 6.03 Å². The van der Waals surface area contributed by atoms with Crippen LogP contribution in [-0.2, 0) is 6.42 Å². The summed E-state index contributed by atoms with van der Waals surface area (Å²) < 4.78 is 5.59. The molecular weight excluding hydrogens is 216 g/mol. The number of hydrogen-bond donors (Lipinski definition) is 1. The molecule has 0 radical (unpaired) electrons. The Kier molecular flexibility index (Phi) is 2.42. The van der Waals surface area contributed by atoms with Gasteiger partial charge in [-0.1, -0.05) is 6.07 Å². The maximum atomic E-state index is 11.4. The second-order valence-corrected chi connectivity index (χ2v) is 4.70. The quantitative estimate of drug-likeness (QED) is 0.800. The first-order valence-corrected chi connectivity index (χ1v) is 6.01. The minimum Gasteiger partial charge on any atom is -0.493 e. The Morgan fingerprint density at radius 2 is 2.35 bits per heavy atom. The Balaban J connectivity index is 1.87. The van der Waals surface area contributed by atoms with Crippen molar-refractivity contribution in [1.82, 2.24) is 10.2 Å². The lowest BCUT2D eigenvalue weighted by Gasteiger charge is -2.19. The highest BCUT2D eigenvalue weighted by Gasteiger charge is 2.27. The molecule has 2 heterocycles. The molecule has 1 aromatic rings. The number of aryl methyl sites for hydroxylation is 1. The zero-order valence-corrected chi connectivity index (χ0v) is 9.90. The van der Waals surface area contributed by atoms with Crippen LogP contribution < -0.4 is 10.1 Å². The summed E-state index contributed by atoms with van der Waals surface area (Å²) >= 11 is 0. The van der Waals surface area contributed by atoms with E-state index in [-0.39, 0.29) is 12.1 Å². The average Bonchev–Trinajstić information content (AvgIpc) is 2.69. The summed E-state index contributed by atoms with van der Waals surface area (Å²) in [6.45, 7) is 1.55. The van der Waals surface area contributed by atoms with E-state index in [0.717, 1.165) is 31.7 Å². The predicted molar refractivity (Wildman–Crippen MR) is 64.2 cm³/mol. The third kappa shape index (κ3) is 1.84. The lowest BCUT2D eigenvalue weighted by molar-refractivity contribution is 0.226. The SMILES string of the molecule is CN1CC(c2ccc3c(c2)CCCO3)NC1=O. The van der Waals surface area contributed by atoms with Gasteiger partial charge in [-0.05, 0) is 36.1 Å². The van der Waals surface area contributed by atoms with Crippen LogP contribution in [0.25, 0.3) is 0 Å². The molecule has 1 atom stereocenters. The highest BCUT2D eigenvalue weighted by molar-refractivity contribution is 5.76. The number of urea groups is 1. The standard InChI is InChI=1S/C13H16N2O2/c1-15-8-11(14-13(15)16)9-4-5-12-10(7-9)3-2-6-17-12/h4-5,7,11H,2-3,6,8H2,1H3,(H,14,16). The Labute approximate surface area is 101 Å². The molecule has 2 aliphatic rings. The van der Waals surface area contributed by atoms with Gasteiger partial charge in [-0.2, -0.15) is 0 Å². The Hall–Kier alpha value is -1.71. The Morgan fingerprint density at radius 3 is 3.12 bits per heavy atom.